The molecule has 0 aromatic heterocycles. The smallest absolute Gasteiger partial charge is 0.263 e. The molecule has 1 aliphatic rings. The van der Waals surface area contributed by atoms with Gasteiger partial charge in [-0.1, -0.05) is 0 Å². The number of hydrogen-bond donors (Lipinski definition) is 4. The van der Waals surface area contributed by atoms with Gasteiger partial charge in [-0.25, -0.2) is 8.78 Å². The molecule has 1 rings (SSSR count). The molecule has 5 N–H and O–H groups in total. The number of alkyl halides is 2. The Balaban J connectivity index is 2.85. The molecule has 1 fully saturated rings. The lowest BCUT2D eigenvalue weighted by Gasteiger charge is -2.23. The molecular formula is C9H13BrF2N2O4. The highest BCUT2D eigenvalue weighted by atomic mass is 79.9. The topological polar surface area (TPSA) is 105 Å². The fourth-order valence-electron chi connectivity index (χ4n) is 1.48. The van der Waals surface area contributed by atoms with Crippen molar-refractivity contribution in [1.29, 1.82) is 0 Å². The Hall–Kier alpha value is -0.770. The molecule has 1 unspecified atom stereocenters. The molecule has 0 aromatic carbocycles. The lowest BCUT2D eigenvalue weighted by molar-refractivity contribution is -0.198. The van der Waals surface area contributed by atoms with E-state index in [0.717, 1.165) is 13.1 Å². The number of halogens is 3. The van der Waals surface area contributed by atoms with Crippen LogP contribution in [0.15, 0.2) is 10.7 Å². The van der Waals surface area contributed by atoms with Crippen molar-refractivity contribution < 1.29 is 28.5 Å². The summed E-state index contributed by atoms with van der Waals surface area (Å²) in [5.41, 5.74) is 2.40. The highest BCUT2D eigenvalue weighted by molar-refractivity contribution is 9.12. The number of primary amides is 1. The molecule has 18 heavy (non-hydrogen) atoms. The third-order valence-electron chi connectivity index (χ3n) is 2.58. The van der Waals surface area contributed by atoms with Gasteiger partial charge in [0.15, 0.2) is 18.0 Å². The molecule has 0 radical (unpaired) electrons. The number of hydrogen-bond acceptors (Lipinski definition) is 5. The van der Waals surface area contributed by atoms with Crippen LogP contribution < -0.4 is 11.1 Å². The van der Waals surface area contributed by atoms with Gasteiger partial charge in [-0.15, -0.1) is 0 Å². The van der Waals surface area contributed by atoms with Crippen molar-refractivity contribution in [3.63, 3.8) is 0 Å². The first kappa shape index (κ1) is 15.3. The molecule has 1 amide bonds. The predicted molar refractivity (Wildman–Crippen MR) is 60.7 cm³/mol. The SMILES string of the molecule is C[C@@]1(F)C(O)[C@@](F)(CO)O[C@H]1N/C=C(/Br)C(N)=O. The van der Waals surface area contributed by atoms with E-state index in [9.17, 15) is 18.7 Å². The van der Waals surface area contributed by atoms with Crippen LogP contribution in [0.5, 0.6) is 0 Å². The Morgan fingerprint density at radius 2 is 2.22 bits per heavy atom. The lowest BCUT2D eigenvalue weighted by atomic mass is 9.97. The van der Waals surface area contributed by atoms with Crippen LogP contribution >= 0.6 is 15.9 Å². The fraction of sp³-hybridized carbons (Fsp3) is 0.667. The standard InChI is InChI=1S/C9H13BrF2N2O4/c1-8(11)6(17)9(12,3-15)18-7(8)14-2-4(10)5(13)16/h2,6-7,14-15,17H,3H2,1H3,(H2,13,16)/b4-2+/t6?,7-,8-,9-/m1/s1. The lowest BCUT2D eigenvalue weighted by Crippen LogP contribution is -2.48. The molecule has 6 nitrogen and oxygen atoms in total. The second-order valence-corrected chi connectivity index (χ2v) is 4.87. The first-order chi connectivity index (χ1) is 8.15. The molecule has 0 spiro atoms. The number of carbonyl (C=O) groups excluding carboxylic acids is 1. The second-order valence-electron chi connectivity index (χ2n) is 4.02. The zero-order valence-corrected chi connectivity index (χ0v) is 10.9. The summed E-state index contributed by atoms with van der Waals surface area (Å²) in [5.74, 6) is -3.73. The summed E-state index contributed by atoms with van der Waals surface area (Å²) in [6.45, 7) is -0.301. The van der Waals surface area contributed by atoms with E-state index in [-0.39, 0.29) is 4.48 Å². The van der Waals surface area contributed by atoms with Crippen molar-refractivity contribution in [3.05, 3.63) is 10.7 Å². The number of aliphatic hydroxyl groups excluding tert-OH is 2. The van der Waals surface area contributed by atoms with Crippen LogP contribution in [-0.2, 0) is 9.53 Å². The van der Waals surface area contributed by atoms with Gasteiger partial charge in [-0.05, 0) is 22.9 Å². The van der Waals surface area contributed by atoms with E-state index in [2.05, 4.69) is 26.0 Å². The van der Waals surface area contributed by atoms with Crippen LogP contribution in [0.3, 0.4) is 0 Å². The van der Waals surface area contributed by atoms with Gasteiger partial charge < -0.3 is 26.0 Å². The number of carbonyl (C=O) groups is 1. The van der Waals surface area contributed by atoms with Crippen LogP contribution in [0.25, 0.3) is 0 Å². The Morgan fingerprint density at radius 3 is 2.61 bits per heavy atom. The molecule has 0 saturated carbocycles. The van der Waals surface area contributed by atoms with Crippen molar-refractivity contribution in [2.75, 3.05) is 6.61 Å². The molecule has 0 bridgehead atoms. The Labute approximate surface area is 110 Å². The summed E-state index contributed by atoms with van der Waals surface area (Å²) >= 11 is 2.79. The maximum atomic E-state index is 14.1. The summed E-state index contributed by atoms with van der Waals surface area (Å²) < 4.78 is 32.3. The fourth-order valence-corrected chi connectivity index (χ4v) is 1.61. The number of amides is 1. The van der Waals surface area contributed by atoms with Crippen LogP contribution in [0.2, 0.25) is 0 Å². The van der Waals surface area contributed by atoms with Crippen LogP contribution in [0.1, 0.15) is 6.92 Å². The zero-order valence-electron chi connectivity index (χ0n) is 9.36. The van der Waals surface area contributed by atoms with Crippen molar-refractivity contribution >= 4 is 21.8 Å². The van der Waals surface area contributed by atoms with E-state index in [1.807, 2.05) is 0 Å². The summed E-state index contributed by atoms with van der Waals surface area (Å²) in [4.78, 5) is 10.7. The molecule has 9 heteroatoms. The average Bonchev–Trinajstić information content (AvgIpc) is 2.47. The van der Waals surface area contributed by atoms with E-state index in [4.69, 9.17) is 10.8 Å². The number of rotatable bonds is 4. The third kappa shape index (κ3) is 2.63. The van der Waals surface area contributed by atoms with Crippen molar-refractivity contribution in [2.24, 2.45) is 5.73 Å². The van der Waals surface area contributed by atoms with E-state index in [1.54, 1.807) is 0 Å². The van der Waals surface area contributed by atoms with Gasteiger partial charge in [0, 0.05) is 6.20 Å². The number of aliphatic hydroxyl groups is 2. The molecule has 104 valence electrons. The van der Waals surface area contributed by atoms with Gasteiger partial charge in [0.25, 0.3) is 11.8 Å². The molecule has 4 atom stereocenters. The highest BCUT2D eigenvalue weighted by Gasteiger charge is 2.63. The minimum atomic E-state index is -2.91. The first-order valence-corrected chi connectivity index (χ1v) is 5.70. The van der Waals surface area contributed by atoms with Gasteiger partial charge in [-0.2, -0.15) is 0 Å². The third-order valence-corrected chi connectivity index (χ3v) is 3.20. The van der Waals surface area contributed by atoms with Crippen molar-refractivity contribution in [1.82, 2.24) is 5.32 Å². The first-order valence-electron chi connectivity index (χ1n) is 4.91. The van der Waals surface area contributed by atoms with E-state index >= 15 is 0 Å². The molecule has 0 aliphatic carbocycles. The Morgan fingerprint density at radius 1 is 1.67 bits per heavy atom. The highest BCUT2D eigenvalue weighted by Crippen LogP contribution is 2.40. The quantitative estimate of drug-likeness (QED) is 0.515. The van der Waals surface area contributed by atoms with Crippen molar-refractivity contribution in [2.45, 2.75) is 30.8 Å². The van der Waals surface area contributed by atoms with Gasteiger partial charge in [0.05, 0.1) is 4.48 Å². The van der Waals surface area contributed by atoms with Gasteiger partial charge >= 0.3 is 0 Å². The normalized spacial score (nSPS) is 40.9. The Kier molecular flexibility index (Phi) is 4.31. The number of ether oxygens (including phenoxy) is 1. The molecular weight excluding hydrogens is 318 g/mol. The average molecular weight is 331 g/mol. The second kappa shape index (κ2) is 5.08. The van der Waals surface area contributed by atoms with Crippen LogP contribution in [-0.4, -0.2) is 46.6 Å². The van der Waals surface area contributed by atoms with E-state index < -0.39 is 36.4 Å². The van der Waals surface area contributed by atoms with Gasteiger partial charge in [0.1, 0.15) is 6.61 Å². The predicted octanol–water partition coefficient (Wildman–Crippen LogP) is -0.599. The minimum Gasteiger partial charge on any atom is -0.390 e. The van der Waals surface area contributed by atoms with Gasteiger partial charge in [-0.3, -0.25) is 4.79 Å². The molecule has 1 saturated heterocycles. The summed E-state index contributed by atoms with van der Waals surface area (Å²) in [6.07, 6.45) is -2.79. The monoisotopic (exact) mass is 330 g/mol. The maximum Gasteiger partial charge on any atom is 0.263 e. The Bertz CT molecular complexity index is 380. The molecule has 0 aromatic rings. The number of nitrogens with one attached hydrogen (secondary N) is 1. The van der Waals surface area contributed by atoms with Crippen LogP contribution in [0.4, 0.5) is 8.78 Å². The summed E-state index contributed by atoms with van der Waals surface area (Å²) in [6, 6.07) is 0. The largest absolute Gasteiger partial charge is 0.390 e. The van der Waals surface area contributed by atoms with E-state index in [1.165, 1.54) is 0 Å². The minimum absolute atomic E-state index is 0.114. The van der Waals surface area contributed by atoms with Crippen molar-refractivity contribution in [3.8, 4) is 0 Å². The maximum absolute atomic E-state index is 14.1. The zero-order chi connectivity index (χ0) is 14.1. The van der Waals surface area contributed by atoms with Gasteiger partial charge in [0.2, 0.25) is 0 Å². The van der Waals surface area contributed by atoms with Crippen LogP contribution in [0, 0.1) is 0 Å². The van der Waals surface area contributed by atoms with E-state index in [0.29, 0.717) is 0 Å². The summed E-state index contributed by atoms with van der Waals surface area (Å²) in [5, 5.41) is 20.4. The molecule has 1 aliphatic heterocycles. The number of nitrogens with two attached hydrogens (primary N) is 1. The molecule has 1 heterocycles. The summed E-state index contributed by atoms with van der Waals surface area (Å²) in [7, 11) is 0.